The lowest BCUT2D eigenvalue weighted by molar-refractivity contribution is 0.0526. The van der Waals surface area contributed by atoms with E-state index in [0.717, 1.165) is 11.1 Å². The molecule has 1 heterocycles. The van der Waals surface area contributed by atoms with Crippen molar-refractivity contribution in [3.63, 3.8) is 0 Å². The number of methoxy groups -OCH3 is 1. The van der Waals surface area contributed by atoms with Crippen LogP contribution in [-0.2, 0) is 4.74 Å². The van der Waals surface area contributed by atoms with Crippen LogP contribution in [0.25, 0.3) is 11.3 Å². The highest BCUT2D eigenvalue weighted by atomic mass is 16.5. The topological polar surface area (TPSA) is 90.1 Å². The summed E-state index contributed by atoms with van der Waals surface area (Å²) in [6, 6.07) is 15.7. The van der Waals surface area contributed by atoms with Crippen molar-refractivity contribution in [2.75, 3.05) is 13.7 Å². The van der Waals surface area contributed by atoms with E-state index < -0.39 is 0 Å². The third-order valence-electron chi connectivity index (χ3n) is 4.27. The first-order chi connectivity index (χ1) is 14.5. The first kappa shape index (κ1) is 20.9. The first-order valence-corrected chi connectivity index (χ1v) is 9.37. The van der Waals surface area contributed by atoms with E-state index in [4.69, 9.17) is 13.9 Å². The van der Waals surface area contributed by atoms with Crippen molar-refractivity contribution in [3.05, 3.63) is 77.0 Å². The molecule has 0 aliphatic heterocycles. The average molecular weight is 406 g/mol. The number of esters is 1. The SMILES string of the molecule is CCOC(=O)c1ccc(-c2ccc(/C=N\NC(=O)c3ccc(C)cc3OC)o2)cc1. The molecule has 0 fully saturated rings. The maximum Gasteiger partial charge on any atom is 0.338 e. The van der Waals surface area contributed by atoms with E-state index in [1.165, 1.54) is 13.3 Å². The summed E-state index contributed by atoms with van der Waals surface area (Å²) in [6.07, 6.45) is 1.41. The standard InChI is InChI=1S/C23H22N2O5/c1-4-29-23(27)17-8-6-16(7-9-17)20-12-10-18(30-20)14-24-25-22(26)19-11-5-15(2)13-21(19)28-3/h5-14H,4H2,1-3H3,(H,25,26)/b24-14-. The van der Waals surface area contributed by atoms with Crippen LogP contribution >= 0.6 is 0 Å². The molecule has 2 aromatic carbocycles. The molecule has 3 aromatic rings. The lowest BCUT2D eigenvalue weighted by atomic mass is 10.1. The van der Waals surface area contributed by atoms with Crippen LogP contribution in [0.5, 0.6) is 5.75 Å². The molecule has 0 unspecified atom stereocenters. The van der Waals surface area contributed by atoms with Gasteiger partial charge in [-0.3, -0.25) is 4.79 Å². The summed E-state index contributed by atoms with van der Waals surface area (Å²) in [5.74, 6) is 0.810. The zero-order chi connectivity index (χ0) is 21.5. The van der Waals surface area contributed by atoms with Gasteiger partial charge in [0.25, 0.3) is 5.91 Å². The summed E-state index contributed by atoms with van der Waals surface area (Å²) in [4.78, 5) is 24.0. The maximum atomic E-state index is 12.3. The zero-order valence-corrected chi connectivity index (χ0v) is 17.0. The predicted molar refractivity (Wildman–Crippen MR) is 113 cm³/mol. The molecule has 3 rings (SSSR count). The lowest BCUT2D eigenvalue weighted by Gasteiger charge is -2.07. The van der Waals surface area contributed by atoms with Gasteiger partial charge in [-0.2, -0.15) is 5.10 Å². The Hall–Kier alpha value is -3.87. The number of ether oxygens (including phenoxy) is 2. The Labute approximate surface area is 174 Å². The zero-order valence-electron chi connectivity index (χ0n) is 17.0. The average Bonchev–Trinajstić information content (AvgIpc) is 3.22. The van der Waals surface area contributed by atoms with Crippen LogP contribution < -0.4 is 10.2 Å². The van der Waals surface area contributed by atoms with Crippen molar-refractivity contribution in [1.29, 1.82) is 0 Å². The Bertz CT molecular complexity index is 1070. The van der Waals surface area contributed by atoms with E-state index in [1.54, 1.807) is 55.5 Å². The number of amides is 1. The van der Waals surface area contributed by atoms with E-state index in [-0.39, 0.29) is 11.9 Å². The van der Waals surface area contributed by atoms with Crippen LogP contribution in [0.15, 0.2) is 64.1 Å². The van der Waals surface area contributed by atoms with Crippen LogP contribution in [-0.4, -0.2) is 31.8 Å². The molecule has 154 valence electrons. The molecule has 1 amide bonds. The number of hydrogen-bond donors (Lipinski definition) is 1. The Morgan fingerprint density at radius 1 is 1.10 bits per heavy atom. The molecule has 0 atom stereocenters. The summed E-state index contributed by atoms with van der Waals surface area (Å²) in [5, 5.41) is 3.95. The summed E-state index contributed by atoms with van der Waals surface area (Å²) < 4.78 is 15.9. The van der Waals surface area contributed by atoms with Gasteiger partial charge in [0, 0.05) is 5.56 Å². The number of hydrazone groups is 1. The molecular formula is C23H22N2O5. The van der Waals surface area contributed by atoms with Crippen molar-refractivity contribution in [2.24, 2.45) is 5.10 Å². The monoisotopic (exact) mass is 406 g/mol. The second kappa shape index (κ2) is 9.56. The minimum absolute atomic E-state index is 0.328. The molecule has 0 saturated carbocycles. The number of nitrogens with zero attached hydrogens (tertiary/aromatic N) is 1. The quantitative estimate of drug-likeness (QED) is 0.361. The van der Waals surface area contributed by atoms with Crippen LogP contribution in [0, 0.1) is 6.92 Å². The highest BCUT2D eigenvalue weighted by molar-refractivity contribution is 5.97. The van der Waals surface area contributed by atoms with Gasteiger partial charge in [0.2, 0.25) is 0 Å². The van der Waals surface area contributed by atoms with Gasteiger partial charge in [0.1, 0.15) is 17.3 Å². The van der Waals surface area contributed by atoms with Gasteiger partial charge in [-0.25, -0.2) is 10.2 Å². The van der Waals surface area contributed by atoms with Gasteiger partial charge < -0.3 is 13.9 Å². The number of carbonyl (C=O) groups excluding carboxylic acids is 2. The van der Waals surface area contributed by atoms with Gasteiger partial charge in [0.15, 0.2) is 0 Å². The first-order valence-electron chi connectivity index (χ1n) is 9.37. The molecule has 7 heteroatoms. The molecule has 0 spiro atoms. The lowest BCUT2D eigenvalue weighted by Crippen LogP contribution is -2.18. The molecular weight excluding hydrogens is 384 g/mol. The number of hydrogen-bond acceptors (Lipinski definition) is 6. The molecule has 0 bridgehead atoms. The Morgan fingerprint density at radius 3 is 2.57 bits per heavy atom. The van der Waals surface area contributed by atoms with E-state index in [0.29, 0.717) is 35.0 Å². The predicted octanol–water partition coefficient (Wildman–Crippen LogP) is 4.20. The minimum Gasteiger partial charge on any atom is -0.496 e. The number of nitrogens with one attached hydrogen (secondary N) is 1. The largest absolute Gasteiger partial charge is 0.496 e. The molecule has 0 aliphatic rings. The van der Waals surface area contributed by atoms with Crippen LogP contribution in [0.1, 0.15) is 39.0 Å². The molecule has 30 heavy (non-hydrogen) atoms. The summed E-state index contributed by atoms with van der Waals surface area (Å²) in [6.45, 7) is 4.01. The van der Waals surface area contributed by atoms with Gasteiger partial charge in [-0.15, -0.1) is 0 Å². The normalized spacial score (nSPS) is 10.8. The second-order valence-corrected chi connectivity index (χ2v) is 6.40. The Balaban J connectivity index is 1.65. The highest BCUT2D eigenvalue weighted by Gasteiger charge is 2.12. The van der Waals surface area contributed by atoms with Crippen molar-refractivity contribution >= 4 is 18.1 Å². The smallest absolute Gasteiger partial charge is 0.338 e. The fourth-order valence-corrected chi connectivity index (χ4v) is 2.76. The summed E-state index contributed by atoms with van der Waals surface area (Å²) >= 11 is 0. The van der Waals surface area contributed by atoms with Crippen LogP contribution in [0.4, 0.5) is 0 Å². The summed E-state index contributed by atoms with van der Waals surface area (Å²) in [5.41, 5.74) is 5.12. The van der Waals surface area contributed by atoms with E-state index in [1.807, 2.05) is 13.0 Å². The summed E-state index contributed by atoms with van der Waals surface area (Å²) in [7, 11) is 1.51. The number of aryl methyl sites for hydroxylation is 1. The fraction of sp³-hybridized carbons (Fsp3) is 0.174. The number of rotatable bonds is 7. The third-order valence-corrected chi connectivity index (χ3v) is 4.27. The molecule has 1 aromatic heterocycles. The second-order valence-electron chi connectivity index (χ2n) is 6.40. The minimum atomic E-state index is -0.385. The van der Waals surface area contributed by atoms with Crippen molar-refractivity contribution in [1.82, 2.24) is 5.43 Å². The van der Waals surface area contributed by atoms with E-state index >= 15 is 0 Å². The van der Waals surface area contributed by atoms with Gasteiger partial charge in [-0.1, -0.05) is 18.2 Å². The van der Waals surface area contributed by atoms with Gasteiger partial charge in [0.05, 0.1) is 31.1 Å². The highest BCUT2D eigenvalue weighted by Crippen LogP contribution is 2.22. The maximum absolute atomic E-state index is 12.3. The molecule has 0 radical (unpaired) electrons. The van der Waals surface area contributed by atoms with E-state index in [9.17, 15) is 9.59 Å². The molecule has 0 aliphatic carbocycles. The third kappa shape index (κ3) is 4.94. The fourth-order valence-electron chi connectivity index (χ4n) is 2.76. The number of furan rings is 1. The van der Waals surface area contributed by atoms with Crippen LogP contribution in [0.2, 0.25) is 0 Å². The Kier molecular flexibility index (Phi) is 6.64. The van der Waals surface area contributed by atoms with E-state index in [2.05, 4.69) is 10.5 Å². The van der Waals surface area contributed by atoms with Crippen LogP contribution in [0.3, 0.4) is 0 Å². The van der Waals surface area contributed by atoms with Crippen molar-refractivity contribution in [2.45, 2.75) is 13.8 Å². The van der Waals surface area contributed by atoms with Gasteiger partial charge in [-0.05, 0) is 55.8 Å². The number of benzene rings is 2. The Morgan fingerprint density at radius 2 is 1.87 bits per heavy atom. The van der Waals surface area contributed by atoms with Crippen molar-refractivity contribution in [3.8, 4) is 17.1 Å². The molecule has 7 nitrogen and oxygen atoms in total. The number of carbonyl (C=O) groups is 2. The molecule has 0 saturated heterocycles. The molecule has 1 N–H and O–H groups in total. The van der Waals surface area contributed by atoms with Crippen molar-refractivity contribution < 1.29 is 23.5 Å². The van der Waals surface area contributed by atoms with Gasteiger partial charge >= 0.3 is 5.97 Å².